The molecule has 6 nitrogen and oxygen atoms in total. The number of nitrogens with zero attached hydrogens (tertiary/aromatic N) is 4. The summed E-state index contributed by atoms with van der Waals surface area (Å²) < 4.78 is 0. The van der Waals surface area contributed by atoms with Crippen molar-refractivity contribution in [2.24, 2.45) is 0 Å². The minimum Gasteiger partial charge on any atom is -0.661 e. The maximum Gasteiger partial charge on any atom is 1.00 e. The van der Waals surface area contributed by atoms with Crippen LogP contribution in [-0.2, 0) is 21.9 Å². The zero-order chi connectivity index (χ0) is 20.0. The second kappa shape index (κ2) is 16.3. The van der Waals surface area contributed by atoms with Crippen molar-refractivity contribution in [3.63, 3.8) is 0 Å². The Morgan fingerprint density at radius 2 is 1.21 bits per heavy atom. The van der Waals surface area contributed by atoms with Gasteiger partial charge in [-0.1, -0.05) is 70.3 Å². The molecule has 1 N–H and O–H groups in total. The summed E-state index contributed by atoms with van der Waals surface area (Å²) in [4.78, 5) is 9.00. The van der Waals surface area contributed by atoms with Crippen molar-refractivity contribution >= 4 is 5.97 Å². The molecule has 172 valence electrons. The summed E-state index contributed by atoms with van der Waals surface area (Å²) in [5.41, 5.74) is 0. The average Bonchev–Trinajstić information content (AvgIpc) is 2.76. The second-order valence-corrected chi connectivity index (χ2v) is 8.04. The molecule has 0 aromatic rings. The van der Waals surface area contributed by atoms with Crippen LogP contribution in [0.15, 0.2) is 12.2 Å². The first kappa shape index (κ1) is 26.6. The van der Waals surface area contributed by atoms with Crippen LogP contribution in [-0.4, -0.2) is 61.4 Å². The van der Waals surface area contributed by atoms with Crippen LogP contribution < -0.4 is 0 Å². The molecule has 0 aliphatic carbocycles. The van der Waals surface area contributed by atoms with Crippen LogP contribution in [0.3, 0.4) is 0 Å². The maximum absolute atomic E-state index is 9.00. The number of aliphatic carboxylic acids is 1. The largest absolute Gasteiger partial charge is 1.00 e. The van der Waals surface area contributed by atoms with E-state index in [2.05, 4.69) is 33.4 Å². The molecule has 0 radical (unpaired) electrons. The van der Waals surface area contributed by atoms with Gasteiger partial charge in [0, 0.05) is 6.92 Å². The van der Waals surface area contributed by atoms with Crippen molar-refractivity contribution in [1.29, 1.82) is 0 Å². The van der Waals surface area contributed by atoms with Gasteiger partial charge in [0.05, 0.1) is 0 Å². The van der Waals surface area contributed by atoms with Gasteiger partial charge in [-0.2, -0.15) is 12.1 Å². The Hall–Kier alpha value is -0.431. The van der Waals surface area contributed by atoms with Gasteiger partial charge in [-0.05, 0) is 0 Å². The van der Waals surface area contributed by atoms with E-state index in [1.54, 1.807) is 0 Å². The van der Waals surface area contributed by atoms with Crippen LogP contribution >= 0.6 is 0 Å². The van der Waals surface area contributed by atoms with E-state index in [4.69, 9.17) is 9.90 Å². The first-order chi connectivity index (χ1) is 13.7. The molecule has 4 aliphatic rings. The zero-order valence-corrected chi connectivity index (χ0v) is 18.8. The molecule has 4 aliphatic heterocycles. The Bertz CT molecular complexity index is 426. The molecule has 0 saturated carbocycles. The van der Waals surface area contributed by atoms with Crippen LogP contribution in [0.1, 0.15) is 71.1 Å². The van der Waals surface area contributed by atoms with Crippen LogP contribution in [0.2, 0.25) is 0 Å². The van der Waals surface area contributed by atoms with Gasteiger partial charge in [-0.15, -0.1) is 44.3 Å². The van der Waals surface area contributed by atoms with Gasteiger partial charge in [0.25, 0.3) is 5.97 Å². The van der Waals surface area contributed by atoms with Gasteiger partial charge < -0.3 is 26.4 Å². The third-order valence-corrected chi connectivity index (χ3v) is 5.62. The zero-order valence-electron chi connectivity index (χ0n) is 17.8. The number of hydrogen-bond acceptors (Lipinski definition) is 1. The SMILES string of the molecule is C1=CC(C2CCCC[N-]2)[N-]CC1.C1CCC(C2CCCC[N-]2)[N-]C1.CC(=O)O.[Cu+]. The molecule has 3 saturated heterocycles. The van der Waals surface area contributed by atoms with Crippen LogP contribution in [0.25, 0.3) is 21.3 Å². The van der Waals surface area contributed by atoms with Crippen molar-refractivity contribution < 1.29 is 27.0 Å². The third-order valence-electron chi connectivity index (χ3n) is 5.62. The molecular formula is C22H38CuN4O2-3. The molecule has 0 bridgehead atoms. The minimum absolute atomic E-state index is 0. The van der Waals surface area contributed by atoms with Crippen molar-refractivity contribution in [3.05, 3.63) is 33.4 Å². The van der Waals surface area contributed by atoms with Crippen LogP contribution in [0.4, 0.5) is 0 Å². The van der Waals surface area contributed by atoms with Gasteiger partial charge in [0.15, 0.2) is 0 Å². The third kappa shape index (κ3) is 11.5. The van der Waals surface area contributed by atoms with E-state index in [-0.39, 0.29) is 17.1 Å². The summed E-state index contributed by atoms with van der Waals surface area (Å²) in [6, 6.07) is 2.12. The van der Waals surface area contributed by atoms with E-state index >= 15 is 0 Å². The van der Waals surface area contributed by atoms with Crippen molar-refractivity contribution in [3.8, 4) is 0 Å². The van der Waals surface area contributed by atoms with E-state index in [0.717, 1.165) is 39.5 Å². The average molecular weight is 454 g/mol. The normalized spacial score (nSPS) is 31.8. The van der Waals surface area contributed by atoms with Crippen molar-refractivity contribution in [2.75, 3.05) is 26.2 Å². The summed E-state index contributed by atoms with van der Waals surface area (Å²) in [5, 5.41) is 25.9. The molecule has 0 aromatic carbocycles. The molecule has 29 heavy (non-hydrogen) atoms. The summed E-state index contributed by atoms with van der Waals surface area (Å²) in [6.45, 7) is 5.34. The van der Waals surface area contributed by atoms with Gasteiger partial charge >= 0.3 is 17.1 Å². The Morgan fingerprint density at radius 1 is 0.759 bits per heavy atom. The van der Waals surface area contributed by atoms with E-state index in [1.165, 1.54) is 57.8 Å². The Labute approximate surface area is 187 Å². The molecule has 0 aromatic heterocycles. The van der Waals surface area contributed by atoms with Crippen molar-refractivity contribution in [1.82, 2.24) is 0 Å². The number of piperidine rings is 3. The van der Waals surface area contributed by atoms with Crippen LogP contribution in [0, 0.1) is 0 Å². The fourth-order valence-electron chi connectivity index (χ4n) is 4.19. The van der Waals surface area contributed by atoms with E-state index in [1.807, 2.05) is 0 Å². The predicted octanol–water partition coefficient (Wildman–Crippen LogP) is 5.54. The van der Waals surface area contributed by atoms with Gasteiger partial charge in [0.2, 0.25) is 0 Å². The first-order valence-electron chi connectivity index (χ1n) is 11.2. The van der Waals surface area contributed by atoms with Gasteiger partial charge in [0.1, 0.15) is 0 Å². The minimum atomic E-state index is -0.833. The van der Waals surface area contributed by atoms with E-state index < -0.39 is 5.97 Å². The summed E-state index contributed by atoms with van der Waals surface area (Å²) in [5.74, 6) is -0.833. The fourth-order valence-corrected chi connectivity index (χ4v) is 4.19. The maximum atomic E-state index is 9.00. The Kier molecular flexibility index (Phi) is 14.9. The van der Waals surface area contributed by atoms with Gasteiger partial charge in [-0.3, -0.25) is 4.79 Å². The van der Waals surface area contributed by atoms with Gasteiger partial charge in [-0.25, -0.2) is 0 Å². The van der Waals surface area contributed by atoms with E-state index in [9.17, 15) is 0 Å². The van der Waals surface area contributed by atoms with Crippen molar-refractivity contribution in [2.45, 2.75) is 95.3 Å². The molecule has 4 atom stereocenters. The Morgan fingerprint density at radius 3 is 1.55 bits per heavy atom. The topological polar surface area (TPSA) is 93.7 Å². The Balaban J connectivity index is 0.000000239. The fraction of sp³-hybridized carbons (Fsp3) is 0.864. The smallest absolute Gasteiger partial charge is 0.661 e. The molecule has 3 fully saturated rings. The monoisotopic (exact) mass is 453 g/mol. The number of rotatable bonds is 2. The number of carboxylic acids is 1. The first-order valence-corrected chi connectivity index (χ1v) is 11.2. The summed E-state index contributed by atoms with van der Waals surface area (Å²) in [6.07, 6.45) is 17.5. The molecular weight excluding hydrogens is 416 g/mol. The second-order valence-electron chi connectivity index (χ2n) is 8.04. The summed E-state index contributed by atoms with van der Waals surface area (Å²) in [7, 11) is 0. The van der Waals surface area contributed by atoms with E-state index in [0.29, 0.717) is 24.2 Å². The number of hydrogen-bond donors (Lipinski definition) is 1. The predicted molar refractivity (Wildman–Crippen MR) is 117 cm³/mol. The van der Waals surface area contributed by atoms with Crippen LogP contribution in [0.5, 0.6) is 0 Å². The quantitative estimate of drug-likeness (QED) is 0.438. The number of carbonyl (C=O) groups is 1. The molecule has 4 rings (SSSR count). The number of carboxylic acid groups (broad SMARTS) is 1. The molecule has 0 amide bonds. The molecule has 4 unspecified atom stereocenters. The standard InChI is InChI=1S/C10H18N2.C10H16N2.C2H4O2.Cu/c2*1-3-7-11-9(5-1)10-6-2-4-8-12-10;1-2(3)4;/h9-10H,1-8H2;1,5,9-10H,2-4,6-8H2;1H3,(H,3,4);/q2*-2;;+1. The molecule has 4 heterocycles. The molecule has 7 heteroatoms. The summed E-state index contributed by atoms with van der Waals surface area (Å²) >= 11 is 0. The molecule has 0 spiro atoms.